The summed E-state index contributed by atoms with van der Waals surface area (Å²) in [6, 6.07) is 14.5. The molecule has 2 aromatic carbocycles. The molecule has 0 N–H and O–H groups in total. The monoisotopic (exact) mass is 283 g/mol. The lowest BCUT2D eigenvalue weighted by molar-refractivity contribution is 0.0978. The van der Waals surface area contributed by atoms with E-state index >= 15 is 0 Å². The van der Waals surface area contributed by atoms with E-state index in [2.05, 4.69) is 6.07 Å². The molecule has 0 aliphatic rings. The summed E-state index contributed by atoms with van der Waals surface area (Å²) in [6.45, 7) is 3.88. The summed E-state index contributed by atoms with van der Waals surface area (Å²) in [4.78, 5) is 12.5. The van der Waals surface area contributed by atoms with Gasteiger partial charge in [0.2, 0.25) is 0 Å². The molecule has 0 amide bonds. The minimum Gasteiger partial charge on any atom is -0.292 e. The maximum absolute atomic E-state index is 12.5. The van der Waals surface area contributed by atoms with Gasteiger partial charge in [0.1, 0.15) is 5.92 Å². The van der Waals surface area contributed by atoms with Crippen LogP contribution in [0.15, 0.2) is 42.5 Å². The van der Waals surface area contributed by atoms with Crippen LogP contribution in [-0.2, 0) is 0 Å². The maximum atomic E-state index is 12.5. The van der Waals surface area contributed by atoms with Gasteiger partial charge in [-0.3, -0.25) is 4.79 Å². The number of benzene rings is 2. The van der Waals surface area contributed by atoms with Crippen LogP contribution in [0.25, 0.3) is 0 Å². The van der Waals surface area contributed by atoms with Crippen molar-refractivity contribution in [3.63, 3.8) is 0 Å². The number of aryl methyl sites for hydroxylation is 2. The molecular formula is C17H14ClNO. The standard InChI is InChI=1S/C17H14ClNO/c1-11-7-12(2)9-14(8-11)17(20)16(10-19)13-3-5-15(18)6-4-13/h3-9,16H,1-2H3. The SMILES string of the molecule is Cc1cc(C)cc(C(=O)C(C#N)c2ccc(Cl)cc2)c1. The number of hydrogen-bond donors (Lipinski definition) is 0. The van der Waals surface area contributed by atoms with Crippen LogP contribution in [0.5, 0.6) is 0 Å². The van der Waals surface area contributed by atoms with Gasteiger partial charge in [0.25, 0.3) is 0 Å². The first-order valence-corrected chi connectivity index (χ1v) is 6.66. The van der Waals surface area contributed by atoms with Crippen LogP contribution in [0.2, 0.25) is 5.02 Å². The summed E-state index contributed by atoms with van der Waals surface area (Å²) in [7, 11) is 0. The molecule has 20 heavy (non-hydrogen) atoms. The molecule has 1 unspecified atom stereocenters. The lowest BCUT2D eigenvalue weighted by Crippen LogP contribution is -2.11. The third kappa shape index (κ3) is 3.07. The molecule has 1 atom stereocenters. The highest BCUT2D eigenvalue weighted by Crippen LogP contribution is 2.23. The summed E-state index contributed by atoms with van der Waals surface area (Å²) in [5.74, 6) is -0.977. The van der Waals surface area contributed by atoms with E-state index in [-0.39, 0.29) is 5.78 Å². The molecule has 2 nitrogen and oxygen atoms in total. The van der Waals surface area contributed by atoms with Gasteiger partial charge < -0.3 is 0 Å². The highest BCUT2D eigenvalue weighted by atomic mass is 35.5. The van der Waals surface area contributed by atoms with E-state index in [1.54, 1.807) is 24.3 Å². The molecular weight excluding hydrogens is 270 g/mol. The molecule has 0 aliphatic carbocycles. The van der Waals surface area contributed by atoms with E-state index in [0.717, 1.165) is 11.1 Å². The largest absolute Gasteiger partial charge is 0.292 e. The van der Waals surface area contributed by atoms with Crippen molar-refractivity contribution in [2.75, 3.05) is 0 Å². The summed E-state index contributed by atoms with van der Waals surface area (Å²) < 4.78 is 0. The Morgan fingerprint density at radius 1 is 1.10 bits per heavy atom. The van der Waals surface area contributed by atoms with Gasteiger partial charge in [0.05, 0.1) is 6.07 Å². The zero-order chi connectivity index (χ0) is 14.7. The number of rotatable bonds is 3. The van der Waals surface area contributed by atoms with Gasteiger partial charge in [0.15, 0.2) is 5.78 Å². The van der Waals surface area contributed by atoms with Crippen molar-refractivity contribution in [1.29, 1.82) is 5.26 Å². The highest BCUT2D eigenvalue weighted by molar-refractivity contribution is 6.30. The van der Waals surface area contributed by atoms with Crippen LogP contribution in [0.1, 0.15) is 33.0 Å². The molecule has 2 aromatic rings. The van der Waals surface area contributed by atoms with Gasteiger partial charge in [-0.25, -0.2) is 0 Å². The Hall–Kier alpha value is -2.11. The fourth-order valence-corrected chi connectivity index (χ4v) is 2.35. The Kier molecular flexibility index (Phi) is 4.22. The summed E-state index contributed by atoms with van der Waals surface area (Å²) in [6.07, 6.45) is 0. The lowest BCUT2D eigenvalue weighted by Gasteiger charge is -2.10. The van der Waals surface area contributed by atoms with Crippen molar-refractivity contribution in [2.45, 2.75) is 19.8 Å². The van der Waals surface area contributed by atoms with E-state index in [0.29, 0.717) is 16.1 Å². The number of carbonyl (C=O) groups is 1. The molecule has 0 fully saturated rings. The first-order chi connectivity index (χ1) is 9.51. The third-order valence-corrected chi connectivity index (χ3v) is 3.35. The van der Waals surface area contributed by atoms with Crippen LogP contribution in [0.3, 0.4) is 0 Å². The second kappa shape index (κ2) is 5.90. The first-order valence-electron chi connectivity index (χ1n) is 6.29. The fourth-order valence-electron chi connectivity index (χ4n) is 2.22. The van der Waals surface area contributed by atoms with Crippen LogP contribution in [0.4, 0.5) is 0 Å². The maximum Gasteiger partial charge on any atom is 0.184 e. The van der Waals surface area contributed by atoms with Gasteiger partial charge in [-0.1, -0.05) is 40.9 Å². The van der Waals surface area contributed by atoms with Crippen molar-refractivity contribution in [3.8, 4) is 6.07 Å². The number of halogens is 1. The average molecular weight is 284 g/mol. The molecule has 0 saturated carbocycles. The van der Waals surface area contributed by atoms with Crippen molar-refractivity contribution < 1.29 is 4.79 Å². The molecule has 0 aliphatic heterocycles. The second-order valence-corrected chi connectivity index (χ2v) is 5.29. The van der Waals surface area contributed by atoms with E-state index in [9.17, 15) is 10.1 Å². The van der Waals surface area contributed by atoms with Crippen molar-refractivity contribution in [2.24, 2.45) is 0 Å². The smallest absolute Gasteiger partial charge is 0.184 e. The van der Waals surface area contributed by atoms with Crippen LogP contribution in [-0.4, -0.2) is 5.78 Å². The highest BCUT2D eigenvalue weighted by Gasteiger charge is 2.22. The van der Waals surface area contributed by atoms with Gasteiger partial charge >= 0.3 is 0 Å². The summed E-state index contributed by atoms with van der Waals surface area (Å²) >= 11 is 5.83. The quantitative estimate of drug-likeness (QED) is 0.781. The fraction of sp³-hybridized carbons (Fsp3) is 0.176. The molecule has 0 saturated heterocycles. The number of nitriles is 1. The van der Waals surface area contributed by atoms with E-state index in [4.69, 9.17) is 11.6 Å². The number of nitrogens with zero attached hydrogens (tertiary/aromatic N) is 1. The molecule has 100 valence electrons. The first kappa shape index (κ1) is 14.3. The molecule has 3 heteroatoms. The number of Topliss-reactive ketones (excluding diaryl/α,β-unsaturated/α-hetero) is 1. The van der Waals surface area contributed by atoms with Gasteiger partial charge in [-0.15, -0.1) is 0 Å². The number of ketones is 1. The minimum absolute atomic E-state index is 0.179. The van der Waals surface area contributed by atoms with E-state index in [1.807, 2.05) is 32.0 Å². The second-order valence-electron chi connectivity index (χ2n) is 4.85. The van der Waals surface area contributed by atoms with Crippen molar-refractivity contribution >= 4 is 17.4 Å². The molecule has 0 heterocycles. The summed E-state index contributed by atoms with van der Waals surface area (Å²) in [5, 5.41) is 9.90. The average Bonchev–Trinajstić information content (AvgIpc) is 2.40. The molecule has 2 rings (SSSR count). The van der Waals surface area contributed by atoms with E-state index in [1.165, 1.54) is 0 Å². The Bertz CT molecular complexity index is 663. The van der Waals surface area contributed by atoms with Crippen molar-refractivity contribution in [1.82, 2.24) is 0 Å². The summed E-state index contributed by atoms with van der Waals surface area (Å²) in [5.41, 5.74) is 3.27. The minimum atomic E-state index is -0.798. The van der Waals surface area contributed by atoms with E-state index < -0.39 is 5.92 Å². The van der Waals surface area contributed by atoms with Crippen LogP contribution in [0, 0.1) is 25.2 Å². The van der Waals surface area contributed by atoms with Crippen LogP contribution < -0.4 is 0 Å². The zero-order valence-corrected chi connectivity index (χ0v) is 12.1. The topological polar surface area (TPSA) is 40.9 Å². The Morgan fingerprint density at radius 3 is 2.15 bits per heavy atom. The Morgan fingerprint density at radius 2 is 1.65 bits per heavy atom. The Labute approximate surface area is 123 Å². The predicted molar refractivity (Wildman–Crippen MR) is 80.1 cm³/mol. The number of hydrogen-bond acceptors (Lipinski definition) is 2. The number of carbonyl (C=O) groups excluding carboxylic acids is 1. The molecule has 0 aromatic heterocycles. The predicted octanol–water partition coefficient (Wildman–Crippen LogP) is 4.45. The lowest BCUT2D eigenvalue weighted by atomic mass is 9.90. The van der Waals surface area contributed by atoms with Gasteiger partial charge in [-0.2, -0.15) is 5.26 Å². The molecule has 0 radical (unpaired) electrons. The molecule has 0 bridgehead atoms. The normalized spacial score (nSPS) is 11.7. The van der Waals surface area contributed by atoms with Gasteiger partial charge in [-0.05, 0) is 43.7 Å². The molecule has 0 spiro atoms. The van der Waals surface area contributed by atoms with Crippen molar-refractivity contribution in [3.05, 3.63) is 69.7 Å². The zero-order valence-electron chi connectivity index (χ0n) is 11.4. The third-order valence-electron chi connectivity index (χ3n) is 3.10. The van der Waals surface area contributed by atoms with Gasteiger partial charge in [0, 0.05) is 10.6 Å². The van der Waals surface area contributed by atoms with Crippen LogP contribution >= 0.6 is 11.6 Å². The Balaban J connectivity index is 2.39.